The fraction of sp³-hybridized carbons (Fsp3) is 0.263. The van der Waals surface area contributed by atoms with Crippen LogP contribution in [-0.4, -0.2) is 49.5 Å². The van der Waals surface area contributed by atoms with E-state index in [-0.39, 0.29) is 0 Å². The van der Waals surface area contributed by atoms with Crippen molar-refractivity contribution < 1.29 is 20.0 Å². The molecule has 1 aliphatic heterocycles. The zero-order valence-corrected chi connectivity index (χ0v) is 23.8. The molecule has 7 rings (SSSR count). The van der Waals surface area contributed by atoms with Crippen molar-refractivity contribution in [3.8, 4) is 45.9 Å². The highest BCUT2D eigenvalue weighted by atomic mass is 16.3. The summed E-state index contributed by atoms with van der Waals surface area (Å²) in [5.41, 5.74) is 6.17. The lowest BCUT2D eigenvalue weighted by atomic mass is 9.88. The molecular formula is C38H36N2O2+2. The lowest BCUT2D eigenvalue weighted by Crippen LogP contribution is -3.28. The van der Waals surface area contributed by atoms with Crippen LogP contribution in [0.1, 0.15) is 35.1 Å². The van der Waals surface area contributed by atoms with Gasteiger partial charge in [0.25, 0.3) is 0 Å². The van der Waals surface area contributed by atoms with E-state index in [1.165, 1.54) is 9.80 Å². The molecule has 4 aromatic carbocycles. The highest BCUT2D eigenvalue weighted by Crippen LogP contribution is 2.49. The number of quaternary nitrogens is 2. The molecule has 2 aliphatic carbocycles. The molecule has 3 aliphatic rings. The van der Waals surface area contributed by atoms with E-state index in [0.717, 1.165) is 83.8 Å². The Bertz CT molecular complexity index is 1540. The number of nitrogens with one attached hydrogen (secondary N) is 2. The van der Waals surface area contributed by atoms with Crippen molar-refractivity contribution in [2.24, 2.45) is 0 Å². The minimum atomic E-state index is -1.05. The number of piperazine rings is 1. The van der Waals surface area contributed by atoms with Crippen molar-refractivity contribution >= 4 is 0 Å². The first-order valence-corrected chi connectivity index (χ1v) is 15.0. The molecule has 1 heterocycles. The van der Waals surface area contributed by atoms with Crippen molar-refractivity contribution in [2.45, 2.75) is 24.0 Å². The van der Waals surface area contributed by atoms with E-state index in [1.54, 1.807) is 0 Å². The molecular weight excluding hydrogens is 516 g/mol. The summed E-state index contributed by atoms with van der Waals surface area (Å²) in [6.45, 7) is 5.84. The Morgan fingerprint density at radius 3 is 1.05 bits per heavy atom. The maximum absolute atomic E-state index is 11.7. The smallest absolute Gasteiger partial charge is 0.139 e. The van der Waals surface area contributed by atoms with Gasteiger partial charge in [-0.05, 0) is 56.3 Å². The van der Waals surface area contributed by atoms with E-state index in [0.29, 0.717) is 12.8 Å². The summed E-state index contributed by atoms with van der Waals surface area (Å²) < 4.78 is 0. The van der Waals surface area contributed by atoms with Crippen molar-refractivity contribution in [2.75, 3.05) is 39.3 Å². The standard InChI is InChI=1S/C38H34N2O2/c41-37(33-17-5-1-13-29(33)30-14-2-6-18-34(30)37)21-9-11-23-39-25-27-40(28-26-39)24-12-10-22-38(42)35-19-7-3-15-31(35)32-16-4-8-20-36(32)38/h1-8,13-20,41-42H,21-28H2/p+2. The van der Waals surface area contributed by atoms with Crippen LogP contribution < -0.4 is 9.80 Å². The molecule has 4 nitrogen and oxygen atoms in total. The zero-order chi connectivity index (χ0) is 28.6. The van der Waals surface area contributed by atoms with Gasteiger partial charge in [-0.15, -0.1) is 0 Å². The fourth-order valence-corrected chi connectivity index (χ4v) is 7.05. The third kappa shape index (κ3) is 4.54. The van der Waals surface area contributed by atoms with Crippen LogP contribution in [0.3, 0.4) is 0 Å². The quantitative estimate of drug-likeness (QED) is 0.294. The van der Waals surface area contributed by atoms with Gasteiger partial charge in [-0.1, -0.05) is 109 Å². The van der Waals surface area contributed by atoms with Gasteiger partial charge < -0.3 is 20.0 Å². The number of fused-ring (bicyclic) bond motifs is 6. The van der Waals surface area contributed by atoms with Gasteiger partial charge >= 0.3 is 0 Å². The lowest BCUT2D eigenvalue weighted by molar-refractivity contribution is -1.01. The van der Waals surface area contributed by atoms with E-state index in [9.17, 15) is 10.2 Å². The second-order valence-electron chi connectivity index (χ2n) is 11.8. The highest BCUT2D eigenvalue weighted by Gasteiger charge is 2.41. The van der Waals surface area contributed by atoms with Gasteiger partial charge in [0.2, 0.25) is 0 Å². The van der Waals surface area contributed by atoms with E-state index in [2.05, 4.69) is 47.9 Å². The number of hydrogen-bond donors (Lipinski definition) is 4. The molecule has 0 aromatic heterocycles. The summed E-state index contributed by atoms with van der Waals surface area (Å²) >= 11 is 0. The van der Waals surface area contributed by atoms with Crippen LogP contribution in [0.2, 0.25) is 0 Å². The highest BCUT2D eigenvalue weighted by molar-refractivity contribution is 5.81. The van der Waals surface area contributed by atoms with Crippen LogP contribution in [0.25, 0.3) is 22.3 Å². The minimum Gasteiger partial charge on any atom is -0.379 e. The number of rotatable bonds is 4. The van der Waals surface area contributed by atoms with Crippen molar-refractivity contribution in [3.63, 3.8) is 0 Å². The Balaban J connectivity index is 0.925. The second-order valence-corrected chi connectivity index (χ2v) is 11.8. The molecule has 0 amide bonds. The molecule has 0 atom stereocenters. The van der Waals surface area contributed by atoms with Crippen molar-refractivity contribution in [1.29, 1.82) is 0 Å². The Morgan fingerprint density at radius 2 is 0.738 bits per heavy atom. The molecule has 4 aromatic rings. The van der Waals surface area contributed by atoms with Crippen LogP contribution in [0.5, 0.6) is 0 Å². The van der Waals surface area contributed by atoms with Gasteiger partial charge in [0.15, 0.2) is 0 Å². The van der Waals surface area contributed by atoms with Gasteiger partial charge in [0.05, 0.1) is 0 Å². The fourth-order valence-electron chi connectivity index (χ4n) is 7.05. The lowest BCUT2D eigenvalue weighted by Gasteiger charge is -2.27. The van der Waals surface area contributed by atoms with Crippen LogP contribution in [0.15, 0.2) is 97.1 Å². The maximum Gasteiger partial charge on any atom is 0.139 e. The predicted octanol–water partition coefficient (Wildman–Crippen LogP) is 2.39. The second kappa shape index (κ2) is 10.9. The predicted molar refractivity (Wildman–Crippen MR) is 166 cm³/mol. The van der Waals surface area contributed by atoms with Gasteiger partial charge in [-0.2, -0.15) is 0 Å². The minimum absolute atomic E-state index is 0.405. The number of aliphatic hydroxyl groups is 2. The summed E-state index contributed by atoms with van der Waals surface area (Å²) in [5.74, 6) is 13.4. The van der Waals surface area contributed by atoms with Gasteiger partial charge in [-0.3, -0.25) is 0 Å². The zero-order valence-electron chi connectivity index (χ0n) is 23.8. The number of hydrogen-bond acceptors (Lipinski definition) is 2. The van der Waals surface area contributed by atoms with E-state index in [4.69, 9.17) is 0 Å². The summed E-state index contributed by atoms with van der Waals surface area (Å²) in [4.78, 5) is 2.99. The molecule has 0 unspecified atom stereocenters. The Morgan fingerprint density at radius 1 is 0.452 bits per heavy atom. The Kier molecular flexibility index (Phi) is 6.95. The molecule has 208 valence electrons. The molecule has 1 saturated heterocycles. The SMILES string of the molecule is OC1(CC#CC[NH+]2CC[NH+](CC#CCC3(O)c4ccccc4-c4ccccc43)CC2)c2ccccc2-c2ccccc21. The van der Waals surface area contributed by atoms with Gasteiger partial charge in [0.1, 0.15) is 50.5 Å². The number of benzene rings is 4. The molecule has 0 bridgehead atoms. The monoisotopic (exact) mass is 552 g/mol. The molecule has 4 heteroatoms. The van der Waals surface area contributed by atoms with E-state index < -0.39 is 11.2 Å². The summed E-state index contributed by atoms with van der Waals surface area (Å²) in [6.07, 6.45) is 0.811. The summed E-state index contributed by atoms with van der Waals surface area (Å²) in [5, 5.41) is 23.4. The van der Waals surface area contributed by atoms with Gasteiger partial charge in [-0.25, -0.2) is 0 Å². The largest absolute Gasteiger partial charge is 0.379 e. The first-order chi connectivity index (χ1) is 20.6. The van der Waals surface area contributed by atoms with Crippen molar-refractivity contribution in [1.82, 2.24) is 0 Å². The van der Waals surface area contributed by atoms with Crippen LogP contribution in [-0.2, 0) is 11.2 Å². The molecule has 1 fully saturated rings. The van der Waals surface area contributed by atoms with Crippen LogP contribution in [0, 0.1) is 23.7 Å². The third-order valence-electron chi connectivity index (χ3n) is 9.35. The van der Waals surface area contributed by atoms with Crippen molar-refractivity contribution in [3.05, 3.63) is 119 Å². The molecule has 42 heavy (non-hydrogen) atoms. The first-order valence-electron chi connectivity index (χ1n) is 15.0. The molecule has 0 spiro atoms. The molecule has 4 N–H and O–H groups in total. The van der Waals surface area contributed by atoms with E-state index >= 15 is 0 Å². The van der Waals surface area contributed by atoms with Crippen LogP contribution >= 0.6 is 0 Å². The average Bonchev–Trinajstić information content (AvgIpc) is 3.45. The molecule has 0 saturated carbocycles. The Hall–Kier alpha value is -4.16. The summed E-state index contributed by atoms with van der Waals surface area (Å²) in [7, 11) is 0. The average molecular weight is 553 g/mol. The van der Waals surface area contributed by atoms with Crippen LogP contribution in [0.4, 0.5) is 0 Å². The summed E-state index contributed by atoms with van der Waals surface area (Å²) in [6, 6.07) is 32.5. The topological polar surface area (TPSA) is 49.3 Å². The normalized spacial score (nSPS) is 20.1. The Labute approximate surface area is 248 Å². The molecule has 0 radical (unpaired) electrons. The third-order valence-corrected chi connectivity index (χ3v) is 9.35. The first kappa shape index (κ1) is 26.7. The van der Waals surface area contributed by atoms with Gasteiger partial charge in [0, 0.05) is 12.8 Å². The van der Waals surface area contributed by atoms with E-state index in [1.807, 2.05) is 72.8 Å². The maximum atomic E-state index is 11.7.